The lowest BCUT2D eigenvalue weighted by Crippen LogP contribution is -2.38. The van der Waals surface area contributed by atoms with Gasteiger partial charge in [-0.3, -0.25) is 0 Å². The van der Waals surface area contributed by atoms with Crippen LogP contribution in [0.3, 0.4) is 0 Å². The number of nitrogens with zero attached hydrogens (tertiary/aromatic N) is 1. The van der Waals surface area contributed by atoms with Gasteiger partial charge in [0.25, 0.3) is 0 Å². The van der Waals surface area contributed by atoms with E-state index in [1.807, 2.05) is 6.07 Å². The molecule has 0 saturated heterocycles. The predicted octanol–water partition coefficient (Wildman–Crippen LogP) is 1.23. The Balaban J connectivity index is 2.68. The Morgan fingerprint density at radius 1 is 1.42 bits per heavy atom. The van der Waals surface area contributed by atoms with Gasteiger partial charge in [0.2, 0.25) is 0 Å². The Hall–Kier alpha value is -0.890. The molecule has 0 bridgehead atoms. The summed E-state index contributed by atoms with van der Waals surface area (Å²) in [6, 6.07) is 6.16. The highest BCUT2D eigenvalue weighted by atomic mass is 15.0. The number of hydrogen-bond donors (Lipinski definition) is 1. The lowest BCUT2D eigenvalue weighted by Gasteiger charge is -1.99. The third-order valence-corrected chi connectivity index (χ3v) is 2.00. The van der Waals surface area contributed by atoms with Crippen molar-refractivity contribution in [2.45, 2.75) is 32.9 Å². The van der Waals surface area contributed by atoms with Crippen LogP contribution in [0.1, 0.15) is 25.5 Å². The van der Waals surface area contributed by atoms with Crippen molar-refractivity contribution in [3.63, 3.8) is 0 Å². The summed E-state index contributed by atoms with van der Waals surface area (Å²) in [6.07, 6.45) is 4.55. The van der Waals surface area contributed by atoms with Gasteiger partial charge in [-0.2, -0.15) is 0 Å². The molecule has 2 N–H and O–H groups in total. The third-order valence-electron chi connectivity index (χ3n) is 2.00. The molecule has 1 aromatic rings. The molecule has 0 amide bonds. The Morgan fingerprint density at radius 3 is 2.92 bits per heavy atom. The molecule has 0 unspecified atom stereocenters. The van der Waals surface area contributed by atoms with Crippen LogP contribution >= 0.6 is 0 Å². The summed E-state index contributed by atoms with van der Waals surface area (Å²) in [5, 5.41) is 0. The van der Waals surface area contributed by atoms with Crippen molar-refractivity contribution in [1.29, 1.82) is 0 Å². The SMILES string of the molecule is CCCC[n+]1ccccc1CN. The number of hydrogen-bond acceptors (Lipinski definition) is 1. The minimum atomic E-state index is 0.630. The van der Waals surface area contributed by atoms with E-state index < -0.39 is 0 Å². The maximum atomic E-state index is 5.60. The van der Waals surface area contributed by atoms with Gasteiger partial charge in [-0.15, -0.1) is 0 Å². The summed E-state index contributed by atoms with van der Waals surface area (Å²) in [7, 11) is 0. The first kappa shape index (κ1) is 9.20. The standard InChI is InChI=1S/C10H17N2/c1-2-3-7-12-8-5-4-6-10(12)9-11/h4-6,8H,2-3,7,9,11H2,1H3/q+1. The molecule has 2 heteroatoms. The lowest BCUT2D eigenvalue weighted by molar-refractivity contribution is -0.704. The monoisotopic (exact) mass is 165 g/mol. The first-order chi connectivity index (χ1) is 5.88. The lowest BCUT2D eigenvalue weighted by atomic mass is 10.3. The van der Waals surface area contributed by atoms with Gasteiger partial charge in [0, 0.05) is 18.6 Å². The molecule has 1 rings (SSSR count). The largest absolute Gasteiger partial charge is 0.322 e. The van der Waals surface area contributed by atoms with Crippen LogP contribution in [0.2, 0.25) is 0 Å². The minimum absolute atomic E-state index is 0.630. The fraction of sp³-hybridized carbons (Fsp3) is 0.500. The summed E-state index contributed by atoms with van der Waals surface area (Å²) in [5.41, 5.74) is 6.82. The van der Waals surface area contributed by atoms with Crippen LogP contribution in [-0.4, -0.2) is 0 Å². The summed E-state index contributed by atoms with van der Waals surface area (Å²) in [4.78, 5) is 0. The Morgan fingerprint density at radius 2 is 2.25 bits per heavy atom. The molecule has 0 fully saturated rings. The van der Waals surface area contributed by atoms with Gasteiger partial charge < -0.3 is 5.73 Å². The summed E-state index contributed by atoms with van der Waals surface area (Å²) in [5.74, 6) is 0. The van der Waals surface area contributed by atoms with Crippen LogP contribution < -0.4 is 10.3 Å². The Kier molecular flexibility index (Phi) is 3.74. The van der Waals surface area contributed by atoms with Crippen molar-refractivity contribution in [3.05, 3.63) is 30.1 Å². The fourth-order valence-corrected chi connectivity index (χ4v) is 1.24. The second-order valence-corrected chi connectivity index (χ2v) is 2.94. The number of rotatable bonds is 4. The van der Waals surface area contributed by atoms with E-state index in [9.17, 15) is 0 Å². The molecule has 0 spiro atoms. The second kappa shape index (κ2) is 4.88. The van der Waals surface area contributed by atoms with Gasteiger partial charge in [0.15, 0.2) is 11.9 Å². The van der Waals surface area contributed by atoms with Crippen LogP contribution in [0.5, 0.6) is 0 Å². The average Bonchev–Trinajstić information content (AvgIpc) is 2.15. The highest BCUT2D eigenvalue weighted by Gasteiger charge is 2.04. The molecule has 66 valence electrons. The molecule has 1 aromatic heterocycles. The predicted molar refractivity (Wildman–Crippen MR) is 49.4 cm³/mol. The first-order valence-electron chi connectivity index (χ1n) is 4.56. The van der Waals surface area contributed by atoms with E-state index in [1.165, 1.54) is 18.5 Å². The van der Waals surface area contributed by atoms with Crippen molar-refractivity contribution in [2.75, 3.05) is 0 Å². The van der Waals surface area contributed by atoms with Crippen LogP contribution in [0, 0.1) is 0 Å². The van der Waals surface area contributed by atoms with E-state index in [4.69, 9.17) is 5.73 Å². The van der Waals surface area contributed by atoms with E-state index in [-0.39, 0.29) is 0 Å². The first-order valence-corrected chi connectivity index (χ1v) is 4.56. The molecule has 0 aliphatic rings. The van der Waals surface area contributed by atoms with E-state index >= 15 is 0 Å². The molecule has 0 radical (unpaired) electrons. The maximum absolute atomic E-state index is 5.60. The van der Waals surface area contributed by atoms with Gasteiger partial charge in [-0.25, -0.2) is 4.57 Å². The molecule has 0 aromatic carbocycles. The number of pyridine rings is 1. The van der Waals surface area contributed by atoms with Crippen LogP contribution in [0.25, 0.3) is 0 Å². The van der Waals surface area contributed by atoms with Crippen molar-refractivity contribution < 1.29 is 4.57 Å². The van der Waals surface area contributed by atoms with Gasteiger partial charge in [0.1, 0.15) is 6.54 Å². The molecule has 1 heterocycles. The van der Waals surface area contributed by atoms with E-state index in [0.29, 0.717) is 6.54 Å². The summed E-state index contributed by atoms with van der Waals surface area (Å²) < 4.78 is 2.23. The van der Waals surface area contributed by atoms with E-state index in [1.54, 1.807) is 0 Å². The van der Waals surface area contributed by atoms with Crippen LogP contribution in [0.15, 0.2) is 24.4 Å². The zero-order valence-electron chi connectivity index (χ0n) is 7.66. The number of aromatic nitrogens is 1. The van der Waals surface area contributed by atoms with Gasteiger partial charge in [-0.1, -0.05) is 19.4 Å². The zero-order valence-corrected chi connectivity index (χ0v) is 7.66. The molecule has 0 saturated carbocycles. The molecule has 0 aliphatic carbocycles. The van der Waals surface area contributed by atoms with Crippen molar-refractivity contribution in [2.24, 2.45) is 5.73 Å². The van der Waals surface area contributed by atoms with E-state index in [0.717, 1.165) is 6.54 Å². The highest BCUT2D eigenvalue weighted by Crippen LogP contribution is 1.92. The minimum Gasteiger partial charge on any atom is -0.322 e. The van der Waals surface area contributed by atoms with Gasteiger partial charge in [-0.05, 0) is 0 Å². The smallest absolute Gasteiger partial charge is 0.195 e. The maximum Gasteiger partial charge on any atom is 0.195 e. The Labute approximate surface area is 74.0 Å². The molecule has 0 atom stereocenters. The van der Waals surface area contributed by atoms with Gasteiger partial charge >= 0.3 is 0 Å². The summed E-state index contributed by atoms with van der Waals surface area (Å²) in [6.45, 7) is 3.92. The highest BCUT2D eigenvalue weighted by molar-refractivity contribution is 4.96. The molecular weight excluding hydrogens is 148 g/mol. The van der Waals surface area contributed by atoms with Crippen molar-refractivity contribution >= 4 is 0 Å². The van der Waals surface area contributed by atoms with Crippen LogP contribution in [0.4, 0.5) is 0 Å². The Bertz CT molecular complexity index is 233. The topological polar surface area (TPSA) is 29.9 Å². The van der Waals surface area contributed by atoms with Crippen LogP contribution in [-0.2, 0) is 13.1 Å². The van der Waals surface area contributed by atoms with E-state index in [2.05, 4.69) is 29.8 Å². The molecular formula is C10H17N2+. The number of unbranched alkanes of at least 4 members (excludes halogenated alkanes) is 1. The van der Waals surface area contributed by atoms with Gasteiger partial charge in [0.05, 0.1) is 6.54 Å². The third kappa shape index (κ3) is 2.31. The summed E-state index contributed by atoms with van der Waals surface area (Å²) >= 11 is 0. The zero-order chi connectivity index (χ0) is 8.81. The number of nitrogens with two attached hydrogens (primary N) is 1. The van der Waals surface area contributed by atoms with Crippen molar-refractivity contribution in [3.8, 4) is 0 Å². The fourth-order valence-electron chi connectivity index (χ4n) is 1.24. The normalized spacial score (nSPS) is 10.2. The molecule has 0 aliphatic heterocycles. The molecule has 2 nitrogen and oxygen atoms in total. The van der Waals surface area contributed by atoms with Crippen molar-refractivity contribution in [1.82, 2.24) is 0 Å². The molecule has 12 heavy (non-hydrogen) atoms. The second-order valence-electron chi connectivity index (χ2n) is 2.94. The quantitative estimate of drug-likeness (QED) is 0.668. The average molecular weight is 165 g/mol. The number of aryl methyl sites for hydroxylation is 1.